The van der Waals surface area contributed by atoms with Gasteiger partial charge in [-0.3, -0.25) is 0 Å². The van der Waals surface area contributed by atoms with Crippen molar-refractivity contribution in [1.82, 2.24) is 20.9 Å². The van der Waals surface area contributed by atoms with Crippen LogP contribution < -0.4 is 21.3 Å². The number of carbonyl (C=O) groups is 1. The molecule has 1 aliphatic rings. The lowest BCUT2D eigenvalue weighted by Gasteiger charge is -2.32. The Morgan fingerprint density at radius 1 is 1.17 bits per heavy atom. The summed E-state index contributed by atoms with van der Waals surface area (Å²) in [4.78, 5) is 19.1. The maximum atomic E-state index is 11.8. The van der Waals surface area contributed by atoms with Crippen molar-refractivity contribution in [3.63, 3.8) is 0 Å². The third-order valence-electron chi connectivity index (χ3n) is 4.86. The van der Waals surface area contributed by atoms with Crippen molar-refractivity contribution in [2.75, 3.05) is 31.5 Å². The largest absolute Gasteiger partial charge is 0.357 e. The number of nitrogens with zero attached hydrogens (tertiary/aromatic N) is 2. The highest BCUT2D eigenvalue weighted by molar-refractivity contribution is 14.0. The molecular weight excluding hydrogens is 491 g/mol. The zero-order valence-electron chi connectivity index (χ0n) is 18.8. The van der Waals surface area contributed by atoms with E-state index >= 15 is 0 Å². The Bertz CT molecular complexity index is 642. The van der Waals surface area contributed by atoms with E-state index in [1.165, 1.54) is 13.0 Å². The smallest absolute Gasteiger partial charge is 0.319 e. The number of rotatable bonds is 8. The molecule has 0 spiro atoms. The highest BCUT2D eigenvalue weighted by Crippen LogP contribution is 2.12. The SMILES string of the molecule is CCCN1CCC(NC(=NCc2ccc(NC(=O)NC(C)C)cc2)NCC)CC1.I. The highest BCUT2D eigenvalue weighted by atomic mass is 127. The summed E-state index contributed by atoms with van der Waals surface area (Å²) in [7, 11) is 0. The van der Waals surface area contributed by atoms with E-state index in [0.29, 0.717) is 12.6 Å². The number of urea groups is 1. The molecule has 8 heteroatoms. The molecule has 1 saturated heterocycles. The second-order valence-corrected chi connectivity index (χ2v) is 7.91. The Morgan fingerprint density at radius 2 is 1.83 bits per heavy atom. The van der Waals surface area contributed by atoms with Crippen LogP contribution >= 0.6 is 24.0 Å². The number of nitrogens with one attached hydrogen (secondary N) is 4. The fourth-order valence-electron chi connectivity index (χ4n) is 3.42. The first-order valence-electron chi connectivity index (χ1n) is 10.9. The first-order valence-corrected chi connectivity index (χ1v) is 10.9. The van der Waals surface area contributed by atoms with Crippen LogP contribution in [-0.4, -0.2) is 55.2 Å². The van der Waals surface area contributed by atoms with E-state index in [-0.39, 0.29) is 36.0 Å². The zero-order chi connectivity index (χ0) is 21.1. The highest BCUT2D eigenvalue weighted by Gasteiger charge is 2.19. The molecule has 170 valence electrons. The molecule has 0 bridgehead atoms. The first kappa shape index (κ1) is 26.5. The molecule has 0 radical (unpaired) electrons. The minimum atomic E-state index is -0.186. The van der Waals surface area contributed by atoms with Gasteiger partial charge in [-0.25, -0.2) is 9.79 Å². The van der Waals surface area contributed by atoms with Crippen LogP contribution in [0.4, 0.5) is 10.5 Å². The second-order valence-electron chi connectivity index (χ2n) is 7.91. The number of piperidine rings is 1. The lowest BCUT2D eigenvalue weighted by atomic mass is 10.1. The van der Waals surface area contributed by atoms with Gasteiger partial charge in [-0.2, -0.15) is 0 Å². The van der Waals surface area contributed by atoms with Crippen LogP contribution in [0.5, 0.6) is 0 Å². The summed E-state index contributed by atoms with van der Waals surface area (Å²) in [6.07, 6.45) is 3.53. The van der Waals surface area contributed by atoms with Gasteiger partial charge < -0.3 is 26.2 Å². The van der Waals surface area contributed by atoms with Gasteiger partial charge in [0.25, 0.3) is 0 Å². The van der Waals surface area contributed by atoms with Crippen LogP contribution in [0.15, 0.2) is 29.3 Å². The van der Waals surface area contributed by atoms with Gasteiger partial charge >= 0.3 is 6.03 Å². The Morgan fingerprint density at radius 3 is 2.40 bits per heavy atom. The first-order chi connectivity index (χ1) is 14.0. The lowest BCUT2D eigenvalue weighted by Crippen LogP contribution is -2.48. The lowest BCUT2D eigenvalue weighted by molar-refractivity contribution is 0.206. The Labute approximate surface area is 198 Å². The number of amides is 2. The van der Waals surface area contributed by atoms with Crippen molar-refractivity contribution in [2.45, 2.75) is 65.6 Å². The van der Waals surface area contributed by atoms with E-state index in [2.05, 4.69) is 40.0 Å². The van der Waals surface area contributed by atoms with Gasteiger partial charge in [0.05, 0.1) is 6.54 Å². The number of hydrogen-bond acceptors (Lipinski definition) is 3. The zero-order valence-corrected chi connectivity index (χ0v) is 21.2. The molecule has 0 atom stereocenters. The maximum Gasteiger partial charge on any atom is 0.319 e. The number of aliphatic imine (C=N–C) groups is 1. The van der Waals surface area contributed by atoms with E-state index in [1.807, 2.05) is 38.1 Å². The van der Waals surface area contributed by atoms with Gasteiger partial charge in [-0.15, -0.1) is 24.0 Å². The maximum absolute atomic E-state index is 11.8. The summed E-state index contributed by atoms with van der Waals surface area (Å²) in [5, 5.41) is 12.6. The van der Waals surface area contributed by atoms with Crippen molar-refractivity contribution in [1.29, 1.82) is 0 Å². The van der Waals surface area contributed by atoms with Gasteiger partial charge in [0, 0.05) is 37.4 Å². The molecule has 2 rings (SSSR count). The summed E-state index contributed by atoms with van der Waals surface area (Å²) in [6.45, 7) is 13.2. The van der Waals surface area contributed by atoms with Crippen molar-refractivity contribution in [3.8, 4) is 0 Å². The molecule has 4 N–H and O–H groups in total. The number of carbonyl (C=O) groups excluding carboxylic acids is 1. The number of halogens is 1. The van der Waals surface area contributed by atoms with Crippen LogP contribution in [0.1, 0.15) is 52.5 Å². The topological polar surface area (TPSA) is 80.8 Å². The molecule has 0 aliphatic carbocycles. The molecule has 1 aromatic carbocycles. The minimum absolute atomic E-state index is 0. The fraction of sp³-hybridized carbons (Fsp3) is 0.636. The van der Waals surface area contributed by atoms with Crippen LogP contribution in [0.2, 0.25) is 0 Å². The van der Waals surface area contributed by atoms with E-state index in [9.17, 15) is 4.79 Å². The summed E-state index contributed by atoms with van der Waals surface area (Å²) in [5.74, 6) is 0.875. The van der Waals surface area contributed by atoms with Crippen molar-refractivity contribution in [3.05, 3.63) is 29.8 Å². The molecule has 1 heterocycles. The third kappa shape index (κ3) is 9.97. The molecule has 7 nitrogen and oxygen atoms in total. The Balaban J connectivity index is 0.00000450. The van der Waals surface area contributed by atoms with Crippen LogP contribution in [0.25, 0.3) is 0 Å². The molecule has 0 aromatic heterocycles. The monoisotopic (exact) mass is 530 g/mol. The van der Waals surface area contributed by atoms with Gasteiger partial charge in [-0.05, 0) is 64.3 Å². The molecule has 1 fully saturated rings. The van der Waals surface area contributed by atoms with Gasteiger partial charge in [0.2, 0.25) is 0 Å². The fourth-order valence-corrected chi connectivity index (χ4v) is 3.42. The number of likely N-dealkylation sites (tertiary alicyclic amines) is 1. The van der Waals surface area contributed by atoms with E-state index in [4.69, 9.17) is 4.99 Å². The van der Waals surface area contributed by atoms with E-state index < -0.39 is 0 Å². The quantitative estimate of drug-likeness (QED) is 0.235. The average Bonchev–Trinajstić information content (AvgIpc) is 2.68. The summed E-state index contributed by atoms with van der Waals surface area (Å²) >= 11 is 0. The van der Waals surface area contributed by atoms with Gasteiger partial charge in [0.15, 0.2) is 5.96 Å². The minimum Gasteiger partial charge on any atom is -0.357 e. The Hall–Kier alpha value is -1.55. The molecule has 30 heavy (non-hydrogen) atoms. The number of guanidine groups is 1. The van der Waals surface area contributed by atoms with Crippen molar-refractivity contribution >= 4 is 41.7 Å². The molecule has 1 aromatic rings. The second kappa shape index (κ2) is 14.5. The number of benzene rings is 1. The van der Waals surface area contributed by atoms with Crippen molar-refractivity contribution in [2.24, 2.45) is 4.99 Å². The van der Waals surface area contributed by atoms with E-state index in [0.717, 1.165) is 49.7 Å². The summed E-state index contributed by atoms with van der Waals surface area (Å²) < 4.78 is 0. The van der Waals surface area contributed by atoms with Crippen LogP contribution in [-0.2, 0) is 6.54 Å². The Kier molecular flexibility index (Phi) is 12.8. The summed E-state index contributed by atoms with van der Waals surface area (Å²) in [5.41, 5.74) is 1.88. The molecule has 2 amide bonds. The number of anilines is 1. The van der Waals surface area contributed by atoms with Crippen LogP contribution in [0, 0.1) is 0 Å². The van der Waals surface area contributed by atoms with Gasteiger partial charge in [0.1, 0.15) is 0 Å². The number of hydrogen-bond donors (Lipinski definition) is 4. The van der Waals surface area contributed by atoms with E-state index in [1.54, 1.807) is 0 Å². The normalized spacial score (nSPS) is 15.4. The average molecular weight is 530 g/mol. The van der Waals surface area contributed by atoms with Crippen molar-refractivity contribution < 1.29 is 4.79 Å². The molecular formula is C22H39IN6O. The predicted molar refractivity (Wildman–Crippen MR) is 137 cm³/mol. The summed E-state index contributed by atoms with van der Waals surface area (Å²) in [6, 6.07) is 8.23. The standard InChI is InChI=1S/C22H38N6O.HI/c1-5-13-28-14-11-20(12-15-28)26-21(23-6-2)24-16-18-7-9-19(10-8-18)27-22(29)25-17(3)4;/h7-10,17,20H,5-6,11-16H2,1-4H3,(H2,23,24,26)(H2,25,27,29);1H. The molecule has 1 aliphatic heterocycles. The molecule has 0 unspecified atom stereocenters. The van der Waals surface area contributed by atoms with Crippen LogP contribution in [0.3, 0.4) is 0 Å². The molecule has 0 saturated carbocycles. The third-order valence-corrected chi connectivity index (χ3v) is 4.86. The predicted octanol–water partition coefficient (Wildman–Crippen LogP) is 3.76. The van der Waals surface area contributed by atoms with Gasteiger partial charge in [-0.1, -0.05) is 19.1 Å².